The van der Waals surface area contributed by atoms with Crippen LogP contribution in [0, 0.1) is 0 Å². The van der Waals surface area contributed by atoms with Gasteiger partial charge < -0.3 is 14.5 Å². The van der Waals surface area contributed by atoms with E-state index >= 15 is 0 Å². The highest BCUT2D eigenvalue weighted by Crippen LogP contribution is 2.40. The summed E-state index contributed by atoms with van der Waals surface area (Å²) in [7, 11) is 2.94. The van der Waals surface area contributed by atoms with Gasteiger partial charge in [-0.05, 0) is 23.8 Å². The van der Waals surface area contributed by atoms with Gasteiger partial charge in [0.25, 0.3) is 5.56 Å². The third-order valence-electron chi connectivity index (χ3n) is 4.53. The van der Waals surface area contributed by atoms with Gasteiger partial charge in [0.05, 0.1) is 25.3 Å². The summed E-state index contributed by atoms with van der Waals surface area (Å²) in [6.07, 6.45) is -4.61. The fourth-order valence-corrected chi connectivity index (χ4v) is 4.32. The van der Waals surface area contributed by atoms with Gasteiger partial charge in [-0.3, -0.25) is 9.78 Å². The predicted molar refractivity (Wildman–Crippen MR) is 106 cm³/mol. The molecule has 0 radical (unpaired) electrons. The number of H-pyrrole nitrogens is 2. The first-order valence-electron chi connectivity index (χ1n) is 8.58. The predicted octanol–water partition coefficient (Wildman–Crippen LogP) is 3.45. The van der Waals surface area contributed by atoms with Crippen LogP contribution in [-0.2, 0) is 12.6 Å². The highest BCUT2D eigenvalue weighted by atomic mass is 32.1. The number of hydrogen-bond donors (Lipinski definition) is 2. The van der Waals surface area contributed by atoms with Crippen LogP contribution in [0.15, 0.2) is 33.9 Å². The molecule has 0 bridgehead atoms. The fraction of sp³-hybridized carbons (Fsp3) is 0.211. The molecule has 7 nitrogen and oxygen atoms in total. The van der Waals surface area contributed by atoms with Crippen LogP contribution in [0.5, 0.6) is 11.5 Å². The monoisotopic (exact) mass is 437 g/mol. The maximum Gasteiger partial charge on any atom is 0.417 e. The van der Waals surface area contributed by atoms with Crippen LogP contribution in [0.25, 0.3) is 20.4 Å². The molecular weight excluding hydrogens is 423 g/mol. The first-order chi connectivity index (χ1) is 14.2. The zero-order chi connectivity index (χ0) is 21.6. The number of alkyl halides is 3. The van der Waals surface area contributed by atoms with Crippen LogP contribution in [0.4, 0.5) is 13.2 Å². The number of nitrogens with one attached hydrogen (secondary N) is 2. The Hall–Kier alpha value is -3.34. The van der Waals surface area contributed by atoms with Crippen molar-refractivity contribution in [3.05, 3.63) is 61.9 Å². The molecule has 0 spiro atoms. The lowest BCUT2D eigenvalue weighted by Gasteiger charge is -2.12. The highest BCUT2D eigenvalue weighted by Gasteiger charge is 2.35. The maximum absolute atomic E-state index is 13.8. The van der Waals surface area contributed by atoms with Crippen LogP contribution in [-0.4, -0.2) is 29.2 Å². The number of aromatic nitrogens is 3. The molecule has 11 heteroatoms. The number of fused-ring (bicyclic) bond motifs is 3. The lowest BCUT2D eigenvalue weighted by Crippen LogP contribution is -2.21. The van der Waals surface area contributed by atoms with Gasteiger partial charge in [0, 0.05) is 17.5 Å². The Morgan fingerprint density at radius 3 is 2.47 bits per heavy atom. The summed E-state index contributed by atoms with van der Waals surface area (Å²) >= 11 is 0.796. The van der Waals surface area contributed by atoms with Gasteiger partial charge in [0.2, 0.25) is 0 Å². The number of rotatable bonds is 4. The zero-order valence-corrected chi connectivity index (χ0v) is 16.5. The van der Waals surface area contributed by atoms with E-state index in [1.807, 2.05) is 4.98 Å². The number of ether oxygens (including phenoxy) is 2. The normalized spacial score (nSPS) is 11.9. The van der Waals surface area contributed by atoms with Gasteiger partial charge in [-0.1, -0.05) is 6.07 Å². The molecule has 3 aromatic heterocycles. The Morgan fingerprint density at radius 2 is 1.80 bits per heavy atom. The van der Waals surface area contributed by atoms with Crippen molar-refractivity contribution in [2.75, 3.05) is 14.2 Å². The number of pyridine rings is 1. The van der Waals surface area contributed by atoms with E-state index in [-0.39, 0.29) is 32.5 Å². The number of nitrogens with zero attached hydrogens (tertiary/aromatic N) is 1. The first kappa shape index (κ1) is 20.0. The molecule has 0 aliphatic carbocycles. The molecule has 0 saturated carbocycles. The fourth-order valence-electron chi connectivity index (χ4n) is 3.25. The first-order valence-corrected chi connectivity index (χ1v) is 9.39. The van der Waals surface area contributed by atoms with E-state index in [2.05, 4.69) is 9.97 Å². The molecule has 0 atom stereocenters. The average Bonchev–Trinajstić information content (AvgIpc) is 3.05. The summed E-state index contributed by atoms with van der Waals surface area (Å²) in [6.45, 7) is 0. The van der Waals surface area contributed by atoms with Crippen molar-refractivity contribution in [1.82, 2.24) is 15.0 Å². The topological polar surface area (TPSA) is 97.1 Å². The van der Waals surface area contributed by atoms with Gasteiger partial charge in [-0.15, -0.1) is 11.3 Å². The van der Waals surface area contributed by atoms with E-state index in [0.29, 0.717) is 17.1 Å². The minimum atomic E-state index is -4.71. The van der Waals surface area contributed by atoms with Crippen LogP contribution in [0.3, 0.4) is 0 Å². The summed E-state index contributed by atoms with van der Waals surface area (Å²) in [5, 5.41) is -0.290. The smallest absolute Gasteiger partial charge is 0.417 e. The van der Waals surface area contributed by atoms with Crippen molar-refractivity contribution in [3.8, 4) is 11.5 Å². The SMILES string of the molecule is COc1ccc(Cc2cc(C(F)(F)F)c3c(n2)sc2c(=O)[nH]c(=O)[nH]c23)cc1OC. The summed E-state index contributed by atoms with van der Waals surface area (Å²) in [6, 6.07) is 5.95. The standard InChI is InChI=1S/C19H14F3N3O4S/c1-28-11-4-3-8(6-12(11)29-2)5-9-7-10(19(20,21)22)13-14-15(30-17(13)23-9)16(26)25-18(27)24-14/h3-4,6-7H,5H2,1-2H3,(H2,24,25,26,27). The van der Waals surface area contributed by atoms with Crippen LogP contribution in [0.2, 0.25) is 0 Å². The second kappa shape index (κ2) is 7.17. The Morgan fingerprint density at radius 1 is 1.07 bits per heavy atom. The third kappa shape index (κ3) is 3.41. The van der Waals surface area contributed by atoms with E-state index in [1.54, 1.807) is 18.2 Å². The Balaban J connectivity index is 1.92. The van der Waals surface area contributed by atoms with E-state index < -0.39 is 23.0 Å². The van der Waals surface area contributed by atoms with Crippen molar-refractivity contribution < 1.29 is 22.6 Å². The molecule has 0 aliphatic rings. The molecular formula is C19H14F3N3O4S. The van der Waals surface area contributed by atoms with Crippen molar-refractivity contribution in [2.24, 2.45) is 0 Å². The molecule has 0 amide bonds. The van der Waals surface area contributed by atoms with Crippen molar-refractivity contribution in [1.29, 1.82) is 0 Å². The summed E-state index contributed by atoms with van der Waals surface area (Å²) in [5.41, 5.74) is -1.94. The quantitative estimate of drug-likeness (QED) is 0.510. The molecule has 30 heavy (non-hydrogen) atoms. The lowest BCUT2D eigenvalue weighted by atomic mass is 10.0. The number of halogens is 3. The van der Waals surface area contributed by atoms with E-state index in [4.69, 9.17) is 9.47 Å². The number of methoxy groups -OCH3 is 2. The van der Waals surface area contributed by atoms with Crippen LogP contribution < -0.4 is 20.7 Å². The Kier molecular flexibility index (Phi) is 4.77. The number of benzene rings is 1. The molecule has 3 heterocycles. The van der Waals surface area contributed by atoms with Gasteiger partial charge in [-0.2, -0.15) is 13.2 Å². The van der Waals surface area contributed by atoms with Crippen molar-refractivity contribution >= 4 is 31.8 Å². The second-order valence-electron chi connectivity index (χ2n) is 6.42. The summed E-state index contributed by atoms with van der Waals surface area (Å²) < 4.78 is 51.8. The minimum Gasteiger partial charge on any atom is -0.493 e. The number of thiophene rings is 1. The highest BCUT2D eigenvalue weighted by molar-refractivity contribution is 7.25. The molecule has 0 unspecified atom stereocenters. The Labute approximate surface area is 170 Å². The molecule has 4 rings (SSSR count). The van der Waals surface area contributed by atoms with Crippen LogP contribution >= 0.6 is 11.3 Å². The molecule has 156 valence electrons. The van der Waals surface area contributed by atoms with Crippen LogP contribution in [0.1, 0.15) is 16.8 Å². The largest absolute Gasteiger partial charge is 0.493 e. The molecule has 0 aliphatic heterocycles. The average molecular weight is 437 g/mol. The molecule has 0 saturated heterocycles. The van der Waals surface area contributed by atoms with Crippen molar-refractivity contribution in [3.63, 3.8) is 0 Å². The lowest BCUT2D eigenvalue weighted by molar-refractivity contribution is -0.136. The summed E-state index contributed by atoms with van der Waals surface area (Å²) in [4.78, 5) is 32.3. The van der Waals surface area contributed by atoms with E-state index in [9.17, 15) is 22.8 Å². The number of aromatic amines is 2. The van der Waals surface area contributed by atoms with E-state index in [0.717, 1.165) is 17.4 Å². The van der Waals surface area contributed by atoms with Gasteiger partial charge in [0.15, 0.2) is 11.5 Å². The van der Waals surface area contributed by atoms with E-state index in [1.165, 1.54) is 14.2 Å². The molecule has 1 aromatic carbocycles. The van der Waals surface area contributed by atoms with Crippen molar-refractivity contribution in [2.45, 2.75) is 12.6 Å². The Bertz CT molecular complexity index is 1390. The summed E-state index contributed by atoms with van der Waals surface area (Å²) in [5.74, 6) is 0.937. The zero-order valence-electron chi connectivity index (χ0n) is 15.6. The van der Waals surface area contributed by atoms with Gasteiger partial charge in [-0.25, -0.2) is 9.78 Å². The third-order valence-corrected chi connectivity index (χ3v) is 5.61. The second-order valence-corrected chi connectivity index (χ2v) is 7.42. The van der Waals surface area contributed by atoms with Gasteiger partial charge in [0.1, 0.15) is 9.53 Å². The maximum atomic E-state index is 13.8. The minimum absolute atomic E-state index is 0.0163. The molecule has 0 fully saturated rings. The van der Waals surface area contributed by atoms with Gasteiger partial charge >= 0.3 is 11.9 Å². The number of hydrogen-bond acceptors (Lipinski definition) is 6. The molecule has 4 aromatic rings. The molecule has 2 N–H and O–H groups in total.